The molecule has 0 aliphatic carbocycles. The molecule has 1 saturated heterocycles. The molecule has 1 aliphatic heterocycles. The van der Waals surface area contributed by atoms with Crippen LogP contribution in [0.2, 0.25) is 0 Å². The molecule has 1 unspecified atom stereocenters. The molecule has 216 valence electrons. The molecule has 2 N–H and O–H groups in total. The van der Waals surface area contributed by atoms with Crippen LogP contribution in [0.5, 0.6) is 5.75 Å². The van der Waals surface area contributed by atoms with Crippen LogP contribution in [0.1, 0.15) is 31.7 Å². The Morgan fingerprint density at radius 3 is 2.63 bits per heavy atom. The molecule has 11 nitrogen and oxygen atoms in total. The minimum absolute atomic E-state index is 0.0702. The van der Waals surface area contributed by atoms with Crippen molar-refractivity contribution in [2.45, 2.75) is 44.9 Å². The van der Waals surface area contributed by atoms with Gasteiger partial charge in [0, 0.05) is 25.7 Å². The summed E-state index contributed by atoms with van der Waals surface area (Å²) >= 11 is 0. The SMILES string of the molecule is COc1cnc(-c2cc3ncn(CCCC(C)Nc4cn[nH]c(=O)c4C(F)(F)F)c(=O)c3cc2F)nc1N1CCC1. The van der Waals surface area contributed by atoms with Gasteiger partial charge < -0.3 is 15.0 Å². The van der Waals surface area contributed by atoms with Crippen LogP contribution < -0.4 is 26.1 Å². The van der Waals surface area contributed by atoms with Gasteiger partial charge in [0.15, 0.2) is 17.4 Å². The van der Waals surface area contributed by atoms with Crippen LogP contribution in [-0.2, 0) is 12.7 Å². The number of anilines is 2. The Balaban J connectivity index is 1.31. The van der Waals surface area contributed by atoms with Gasteiger partial charge in [0.1, 0.15) is 11.4 Å². The first-order valence-electron chi connectivity index (χ1n) is 12.8. The molecule has 0 spiro atoms. The van der Waals surface area contributed by atoms with Crippen molar-refractivity contribution in [2.75, 3.05) is 30.4 Å². The second-order valence-electron chi connectivity index (χ2n) is 9.69. The molecule has 0 amide bonds. The van der Waals surface area contributed by atoms with E-state index in [0.717, 1.165) is 31.8 Å². The number of nitrogens with zero attached hydrogens (tertiary/aromatic N) is 6. The average molecular weight is 575 g/mol. The van der Waals surface area contributed by atoms with Crippen LogP contribution in [0.25, 0.3) is 22.3 Å². The van der Waals surface area contributed by atoms with Gasteiger partial charge in [0.2, 0.25) is 0 Å². The third-order valence-electron chi connectivity index (χ3n) is 6.84. The molecule has 3 aromatic heterocycles. The van der Waals surface area contributed by atoms with Crippen molar-refractivity contribution in [3.63, 3.8) is 0 Å². The lowest BCUT2D eigenvalue weighted by atomic mass is 10.1. The summed E-state index contributed by atoms with van der Waals surface area (Å²) in [5, 5.41) is 7.96. The Morgan fingerprint density at radius 2 is 1.95 bits per heavy atom. The van der Waals surface area contributed by atoms with Crippen molar-refractivity contribution in [1.82, 2.24) is 29.7 Å². The molecule has 0 saturated carbocycles. The van der Waals surface area contributed by atoms with Gasteiger partial charge in [-0.3, -0.25) is 14.2 Å². The van der Waals surface area contributed by atoms with E-state index in [1.807, 2.05) is 4.90 Å². The highest BCUT2D eigenvalue weighted by atomic mass is 19.4. The van der Waals surface area contributed by atoms with Gasteiger partial charge in [-0.25, -0.2) is 24.4 Å². The van der Waals surface area contributed by atoms with E-state index in [1.54, 1.807) is 12.0 Å². The zero-order valence-corrected chi connectivity index (χ0v) is 22.1. The van der Waals surface area contributed by atoms with Gasteiger partial charge in [-0.1, -0.05) is 0 Å². The van der Waals surface area contributed by atoms with Gasteiger partial charge in [0.05, 0.1) is 48.0 Å². The van der Waals surface area contributed by atoms with Crippen LogP contribution in [0.3, 0.4) is 0 Å². The summed E-state index contributed by atoms with van der Waals surface area (Å²) in [4.78, 5) is 39.8. The highest BCUT2D eigenvalue weighted by molar-refractivity contribution is 5.82. The van der Waals surface area contributed by atoms with Crippen molar-refractivity contribution in [2.24, 2.45) is 0 Å². The van der Waals surface area contributed by atoms with Crippen LogP contribution >= 0.6 is 0 Å². The number of aromatic nitrogens is 6. The number of methoxy groups -OCH3 is 1. The van der Waals surface area contributed by atoms with Gasteiger partial charge in [-0.05, 0) is 38.3 Å². The van der Waals surface area contributed by atoms with Crippen LogP contribution in [0, 0.1) is 5.82 Å². The van der Waals surface area contributed by atoms with Crippen molar-refractivity contribution in [1.29, 1.82) is 0 Å². The monoisotopic (exact) mass is 574 g/mol. The zero-order valence-electron chi connectivity index (χ0n) is 22.1. The number of hydrogen-bond donors (Lipinski definition) is 2. The van der Waals surface area contributed by atoms with Gasteiger partial charge >= 0.3 is 6.18 Å². The number of benzene rings is 1. The first kappa shape index (κ1) is 28.0. The molecular formula is C26H26F4N8O3. The van der Waals surface area contributed by atoms with E-state index in [2.05, 4.69) is 25.4 Å². The number of aryl methyl sites for hydroxylation is 1. The fourth-order valence-electron chi connectivity index (χ4n) is 4.59. The molecule has 15 heteroatoms. The number of fused-ring (bicyclic) bond motifs is 1. The van der Waals surface area contributed by atoms with Gasteiger partial charge in [0.25, 0.3) is 11.1 Å². The zero-order chi connectivity index (χ0) is 29.3. The van der Waals surface area contributed by atoms with E-state index in [1.165, 1.54) is 30.3 Å². The molecule has 4 aromatic rings. The summed E-state index contributed by atoms with van der Waals surface area (Å²) in [6.07, 6.45) is 0.639. The smallest absolute Gasteiger partial charge is 0.423 e. The first-order valence-corrected chi connectivity index (χ1v) is 12.8. The lowest BCUT2D eigenvalue weighted by Crippen LogP contribution is -2.38. The number of alkyl halides is 3. The number of nitrogens with one attached hydrogen (secondary N) is 2. The Bertz CT molecular complexity index is 1700. The fourth-order valence-corrected chi connectivity index (χ4v) is 4.59. The molecule has 1 fully saturated rings. The van der Waals surface area contributed by atoms with Crippen LogP contribution in [0.4, 0.5) is 29.1 Å². The summed E-state index contributed by atoms with van der Waals surface area (Å²) < 4.78 is 61.7. The van der Waals surface area contributed by atoms with E-state index in [0.29, 0.717) is 24.4 Å². The molecule has 4 heterocycles. The third kappa shape index (κ3) is 5.69. The number of halogens is 4. The Hall–Kier alpha value is -4.56. The first-order chi connectivity index (χ1) is 19.6. The molecule has 0 radical (unpaired) electrons. The Kier molecular flexibility index (Phi) is 7.60. The minimum atomic E-state index is -4.85. The average Bonchev–Trinajstić information content (AvgIpc) is 2.88. The lowest BCUT2D eigenvalue weighted by molar-refractivity contribution is -0.138. The summed E-state index contributed by atoms with van der Waals surface area (Å²) in [6, 6.07) is 2.06. The standard InChI is InChI=1S/C26H26F4N8O3/c1-14(34-19-11-33-36-24(39)21(19)26(28,29)30)5-3-6-38-13-32-18-10-15(17(27)9-16(18)25(38)40)22-31-12-20(41-2)23(35-22)37-7-4-8-37/h9-14H,3-8H2,1-2H3,(H2,34,36,39). The van der Waals surface area contributed by atoms with Crippen molar-refractivity contribution < 1.29 is 22.3 Å². The molecular weight excluding hydrogens is 548 g/mol. The predicted molar refractivity (Wildman–Crippen MR) is 143 cm³/mol. The van der Waals surface area contributed by atoms with Crippen molar-refractivity contribution in [3.05, 3.63) is 62.9 Å². The summed E-state index contributed by atoms with van der Waals surface area (Å²) in [7, 11) is 1.51. The maximum atomic E-state index is 15.2. The van der Waals surface area contributed by atoms with Gasteiger partial charge in [-0.2, -0.15) is 18.3 Å². The quantitative estimate of drug-likeness (QED) is 0.288. The molecule has 0 bridgehead atoms. The Morgan fingerprint density at radius 1 is 1.17 bits per heavy atom. The minimum Gasteiger partial charge on any atom is -0.491 e. The summed E-state index contributed by atoms with van der Waals surface area (Å²) in [6.45, 7) is 3.45. The van der Waals surface area contributed by atoms with Crippen LogP contribution in [-0.4, -0.2) is 56.0 Å². The molecule has 5 rings (SSSR count). The van der Waals surface area contributed by atoms with Crippen molar-refractivity contribution >= 4 is 22.4 Å². The summed E-state index contributed by atoms with van der Waals surface area (Å²) in [5.74, 6) is 0.512. The highest BCUT2D eigenvalue weighted by Crippen LogP contribution is 2.33. The van der Waals surface area contributed by atoms with E-state index >= 15 is 4.39 Å². The molecule has 41 heavy (non-hydrogen) atoms. The Labute approximate surface area is 230 Å². The van der Waals surface area contributed by atoms with Gasteiger partial charge in [-0.15, -0.1) is 0 Å². The maximum Gasteiger partial charge on any atom is 0.423 e. The number of hydrogen-bond acceptors (Lipinski definition) is 9. The fraction of sp³-hybridized carbons (Fsp3) is 0.385. The normalized spacial score (nSPS) is 14.1. The molecule has 1 aliphatic rings. The molecule has 1 atom stereocenters. The lowest BCUT2D eigenvalue weighted by Gasteiger charge is -2.32. The number of ether oxygens (including phenoxy) is 1. The third-order valence-corrected chi connectivity index (χ3v) is 6.84. The second kappa shape index (κ2) is 11.1. The maximum absolute atomic E-state index is 15.2. The van der Waals surface area contributed by atoms with Crippen LogP contribution in [0.15, 0.2) is 40.4 Å². The summed E-state index contributed by atoms with van der Waals surface area (Å²) in [5.41, 5.74) is -3.22. The van der Waals surface area contributed by atoms with E-state index in [9.17, 15) is 22.8 Å². The highest BCUT2D eigenvalue weighted by Gasteiger charge is 2.37. The topological polar surface area (TPSA) is 131 Å². The second-order valence-corrected chi connectivity index (χ2v) is 9.69. The van der Waals surface area contributed by atoms with E-state index < -0.39 is 40.4 Å². The van der Waals surface area contributed by atoms with E-state index in [4.69, 9.17) is 4.74 Å². The molecule has 1 aromatic carbocycles. The predicted octanol–water partition coefficient (Wildman–Crippen LogP) is 3.59. The largest absolute Gasteiger partial charge is 0.491 e. The number of aromatic amines is 1. The van der Waals surface area contributed by atoms with E-state index in [-0.39, 0.29) is 28.8 Å². The number of rotatable bonds is 9. The van der Waals surface area contributed by atoms with Crippen molar-refractivity contribution in [3.8, 4) is 17.1 Å². The number of H-pyrrole nitrogens is 1.